The number of rotatable bonds is 4. The molecule has 0 aliphatic carbocycles. The number of carboxylic acids is 1. The first-order chi connectivity index (χ1) is 6.54. The van der Waals surface area contributed by atoms with Gasteiger partial charge in [-0.1, -0.05) is 0 Å². The van der Waals surface area contributed by atoms with Gasteiger partial charge in [0.1, 0.15) is 10.1 Å². The fraction of sp³-hybridized carbons (Fsp3) is 0.857. The number of carbonyl (C=O) groups excluding carboxylic acids is 1. The maximum absolute atomic E-state index is 9.84. The molecular weight excluding hydrogens is 224 g/mol. The molecule has 0 radical (unpaired) electrons. The van der Waals surface area contributed by atoms with Crippen LogP contribution in [0.4, 0.5) is 0 Å². The summed E-state index contributed by atoms with van der Waals surface area (Å²) in [5, 5.41) is 9.66. The molecule has 0 spiro atoms. The summed E-state index contributed by atoms with van der Waals surface area (Å²) >= 11 is 0. The van der Waals surface area contributed by atoms with E-state index in [1.54, 1.807) is 14.1 Å². The summed E-state index contributed by atoms with van der Waals surface area (Å²) in [6, 6.07) is 0. The molecule has 0 atom stereocenters. The highest BCUT2D eigenvalue weighted by Gasteiger charge is 1.94. The molecule has 0 aromatic rings. The summed E-state index contributed by atoms with van der Waals surface area (Å²) in [5.74, 6) is -1.46. The molecule has 15 heavy (non-hydrogen) atoms. The van der Waals surface area contributed by atoms with Crippen LogP contribution < -0.4 is 5.11 Å². The standard InChI is InChI=1S/C4H9NO2.C3H9NO3S/c1-5(2)3-4(6)7;1-4(2)3-8(5,6)7/h3H2,1-2H3,(H,6,7);3H2,1-2H3,(H,5,6,7)/p-2. The largest absolute Gasteiger partial charge is 0.747 e. The van der Waals surface area contributed by atoms with Crippen molar-refractivity contribution in [2.45, 2.75) is 0 Å². The lowest BCUT2D eigenvalue weighted by atomic mass is 10.6. The van der Waals surface area contributed by atoms with E-state index >= 15 is 0 Å². The summed E-state index contributed by atoms with van der Waals surface area (Å²) in [4.78, 5) is 12.5. The molecule has 0 aliphatic heterocycles. The van der Waals surface area contributed by atoms with E-state index in [1.807, 2.05) is 0 Å². The SMILES string of the molecule is CN(C)CC(=O)[O-].CN(C)CS(=O)(=O)[O-]. The Labute approximate surface area is 90.0 Å². The van der Waals surface area contributed by atoms with E-state index in [9.17, 15) is 22.9 Å². The van der Waals surface area contributed by atoms with Crippen LogP contribution in [0.2, 0.25) is 0 Å². The van der Waals surface area contributed by atoms with Gasteiger partial charge in [0.05, 0.1) is 11.8 Å². The first-order valence-corrected chi connectivity index (χ1v) is 5.55. The molecule has 0 rings (SSSR count). The van der Waals surface area contributed by atoms with Crippen molar-refractivity contribution in [1.29, 1.82) is 0 Å². The third-order valence-electron chi connectivity index (χ3n) is 0.862. The van der Waals surface area contributed by atoms with Crippen LogP contribution in [0, 0.1) is 0 Å². The molecular formula is C7H16N2O5S-2. The van der Waals surface area contributed by atoms with Crippen molar-refractivity contribution >= 4 is 16.1 Å². The maximum atomic E-state index is 9.84. The van der Waals surface area contributed by atoms with E-state index in [0.717, 1.165) is 0 Å². The van der Waals surface area contributed by atoms with Gasteiger partial charge in [0, 0.05) is 6.54 Å². The predicted octanol–water partition coefficient (Wildman–Crippen LogP) is -2.65. The van der Waals surface area contributed by atoms with Crippen molar-refractivity contribution in [2.24, 2.45) is 0 Å². The summed E-state index contributed by atoms with van der Waals surface area (Å²) < 4.78 is 29.5. The molecule has 0 aromatic carbocycles. The minimum absolute atomic E-state index is 0. The van der Waals surface area contributed by atoms with Crippen molar-refractivity contribution < 1.29 is 22.9 Å². The summed E-state index contributed by atoms with van der Waals surface area (Å²) in [6.07, 6.45) is 0. The van der Waals surface area contributed by atoms with Gasteiger partial charge in [0.2, 0.25) is 0 Å². The van der Waals surface area contributed by atoms with Crippen molar-refractivity contribution in [2.75, 3.05) is 40.6 Å². The van der Waals surface area contributed by atoms with Crippen LogP contribution in [0.1, 0.15) is 0 Å². The Hall–Kier alpha value is -0.700. The molecule has 0 fully saturated rings. The number of hydrogen-bond donors (Lipinski definition) is 0. The van der Waals surface area contributed by atoms with E-state index in [2.05, 4.69) is 0 Å². The Bertz CT molecular complexity index is 273. The van der Waals surface area contributed by atoms with Crippen molar-refractivity contribution in [1.82, 2.24) is 9.80 Å². The Balaban J connectivity index is 0. The van der Waals surface area contributed by atoms with Crippen molar-refractivity contribution in [3.05, 3.63) is 0 Å². The second kappa shape index (κ2) is 7.57. The van der Waals surface area contributed by atoms with E-state index in [-0.39, 0.29) is 6.54 Å². The van der Waals surface area contributed by atoms with Gasteiger partial charge in [-0.2, -0.15) is 0 Å². The zero-order valence-electron chi connectivity index (χ0n) is 9.26. The molecule has 0 heterocycles. The van der Waals surface area contributed by atoms with Gasteiger partial charge in [0.15, 0.2) is 0 Å². The highest BCUT2D eigenvalue weighted by molar-refractivity contribution is 7.85. The minimum atomic E-state index is -4.05. The van der Waals surface area contributed by atoms with Gasteiger partial charge < -0.3 is 19.4 Å². The fourth-order valence-electron chi connectivity index (χ4n) is 0.574. The van der Waals surface area contributed by atoms with Crippen LogP contribution in [0.15, 0.2) is 0 Å². The second-order valence-electron chi connectivity index (χ2n) is 3.38. The third-order valence-corrected chi connectivity index (χ3v) is 1.69. The number of likely N-dealkylation sites (N-methyl/N-ethyl adjacent to an activating group) is 1. The van der Waals surface area contributed by atoms with Gasteiger partial charge in [0.25, 0.3) is 0 Å². The molecule has 92 valence electrons. The fourth-order valence-corrected chi connectivity index (χ4v) is 1.21. The van der Waals surface area contributed by atoms with Crippen LogP contribution in [0.25, 0.3) is 0 Å². The van der Waals surface area contributed by atoms with Gasteiger partial charge in [-0.05, 0) is 28.2 Å². The Morgan fingerprint density at radius 1 is 1.13 bits per heavy atom. The number of aliphatic carboxylic acids is 1. The van der Waals surface area contributed by atoms with Gasteiger partial charge in [-0.15, -0.1) is 0 Å². The topological polar surface area (TPSA) is 104 Å². The predicted molar refractivity (Wildman–Crippen MR) is 51.8 cm³/mol. The van der Waals surface area contributed by atoms with Crippen molar-refractivity contribution in [3.8, 4) is 0 Å². The van der Waals surface area contributed by atoms with E-state index in [0.29, 0.717) is 0 Å². The van der Waals surface area contributed by atoms with Gasteiger partial charge in [-0.3, -0.25) is 4.90 Å². The summed E-state index contributed by atoms with van der Waals surface area (Å²) in [5.41, 5.74) is 0. The van der Waals surface area contributed by atoms with Gasteiger partial charge in [-0.25, -0.2) is 8.42 Å². The van der Waals surface area contributed by atoms with E-state index in [1.165, 1.54) is 23.9 Å². The first kappa shape index (κ1) is 16.7. The number of hydrogen-bond acceptors (Lipinski definition) is 7. The highest BCUT2D eigenvalue weighted by Crippen LogP contribution is 1.81. The van der Waals surface area contributed by atoms with Crippen LogP contribution >= 0.6 is 0 Å². The van der Waals surface area contributed by atoms with Crippen molar-refractivity contribution in [3.63, 3.8) is 0 Å². The Morgan fingerprint density at radius 2 is 1.53 bits per heavy atom. The normalized spacial score (nSPS) is 11.1. The molecule has 8 heteroatoms. The zero-order chi connectivity index (χ0) is 12.6. The monoisotopic (exact) mass is 240 g/mol. The Kier molecular flexibility index (Phi) is 8.44. The van der Waals surface area contributed by atoms with Crippen LogP contribution in [0.3, 0.4) is 0 Å². The maximum Gasteiger partial charge on any atom is 0.108 e. The van der Waals surface area contributed by atoms with Crippen LogP contribution in [-0.4, -0.2) is 69.4 Å². The average Bonchev–Trinajstić information content (AvgIpc) is 1.76. The Morgan fingerprint density at radius 3 is 1.53 bits per heavy atom. The molecule has 0 saturated heterocycles. The number of nitrogens with zero attached hydrogens (tertiary/aromatic N) is 2. The zero-order valence-corrected chi connectivity index (χ0v) is 10.1. The smallest absolute Gasteiger partial charge is 0.108 e. The highest BCUT2D eigenvalue weighted by atomic mass is 32.2. The lowest BCUT2D eigenvalue weighted by Gasteiger charge is -2.11. The molecule has 0 aliphatic rings. The second-order valence-corrected chi connectivity index (χ2v) is 4.75. The van der Waals surface area contributed by atoms with Crippen LogP contribution in [0.5, 0.6) is 0 Å². The molecule has 7 nitrogen and oxygen atoms in total. The average molecular weight is 240 g/mol. The minimum Gasteiger partial charge on any atom is -0.747 e. The quantitative estimate of drug-likeness (QED) is 0.494. The third kappa shape index (κ3) is 24.7. The molecule has 0 amide bonds. The number of carbonyl (C=O) groups is 1. The van der Waals surface area contributed by atoms with Crippen LogP contribution in [-0.2, 0) is 14.9 Å². The molecule has 0 saturated carbocycles. The molecule has 0 N–H and O–H groups in total. The first-order valence-electron chi connectivity index (χ1n) is 3.97. The van der Waals surface area contributed by atoms with E-state index < -0.39 is 22.0 Å². The summed E-state index contributed by atoms with van der Waals surface area (Å²) in [7, 11) is 2.35. The lowest BCUT2D eigenvalue weighted by molar-refractivity contribution is -0.305. The number of carboxylic acid groups (broad SMARTS) is 1. The lowest BCUT2D eigenvalue weighted by Crippen LogP contribution is -2.33. The molecule has 0 aromatic heterocycles. The summed E-state index contributed by atoms with van der Waals surface area (Å²) in [6.45, 7) is 0. The van der Waals surface area contributed by atoms with Gasteiger partial charge >= 0.3 is 0 Å². The molecule has 0 unspecified atom stereocenters. The molecule has 0 bridgehead atoms. The van der Waals surface area contributed by atoms with E-state index in [4.69, 9.17) is 0 Å².